The monoisotopic (exact) mass is 331 g/mol. The number of carbonyl (C=O) groups excluding carboxylic acids is 1. The maximum absolute atomic E-state index is 11.6. The number of hydrogen-bond donors (Lipinski definition) is 2. The van der Waals surface area contributed by atoms with E-state index in [-0.39, 0.29) is 5.56 Å². The molecule has 7 nitrogen and oxygen atoms in total. The minimum Gasteiger partial charge on any atom is -0.478 e. The van der Waals surface area contributed by atoms with E-state index in [0.29, 0.717) is 24.2 Å². The summed E-state index contributed by atoms with van der Waals surface area (Å²) < 4.78 is 6.79. The molecule has 1 amide bonds. The lowest BCUT2D eigenvalue weighted by Crippen LogP contribution is -2.34. The third-order valence-corrected chi connectivity index (χ3v) is 3.11. The average molecular weight is 331 g/mol. The number of carbonyl (C=O) groups is 2. The van der Waals surface area contributed by atoms with Gasteiger partial charge in [0.15, 0.2) is 0 Å². The molecule has 0 atom stereocenters. The molecule has 2 aromatic rings. The SMILES string of the molecule is CC(C)(C)OC(=O)NCCn1cc(-c2ccccc2C(=O)O)cn1. The molecule has 0 saturated heterocycles. The molecule has 1 aromatic heterocycles. The zero-order valence-corrected chi connectivity index (χ0v) is 13.9. The van der Waals surface area contributed by atoms with Gasteiger partial charge in [0.1, 0.15) is 5.60 Å². The van der Waals surface area contributed by atoms with Crippen LogP contribution in [0.3, 0.4) is 0 Å². The quantitative estimate of drug-likeness (QED) is 0.878. The van der Waals surface area contributed by atoms with E-state index in [1.165, 1.54) is 0 Å². The van der Waals surface area contributed by atoms with Gasteiger partial charge in [0.25, 0.3) is 0 Å². The molecule has 0 bridgehead atoms. The van der Waals surface area contributed by atoms with E-state index in [0.717, 1.165) is 0 Å². The molecule has 1 heterocycles. The van der Waals surface area contributed by atoms with Crippen molar-refractivity contribution in [2.75, 3.05) is 6.54 Å². The first-order chi connectivity index (χ1) is 11.3. The van der Waals surface area contributed by atoms with Crippen molar-refractivity contribution >= 4 is 12.1 Å². The number of aromatic carboxylic acids is 1. The van der Waals surface area contributed by atoms with Gasteiger partial charge in [-0.15, -0.1) is 0 Å². The molecule has 0 spiro atoms. The van der Waals surface area contributed by atoms with E-state index in [1.807, 2.05) is 0 Å². The fraction of sp³-hybridized carbons (Fsp3) is 0.353. The second-order valence-corrected chi connectivity index (χ2v) is 6.27. The highest BCUT2D eigenvalue weighted by Crippen LogP contribution is 2.23. The van der Waals surface area contributed by atoms with Crippen molar-refractivity contribution < 1.29 is 19.4 Å². The van der Waals surface area contributed by atoms with E-state index in [1.54, 1.807) is 62.1 Å². The number of nitrogens with zero attached hydrogens (tertiary/aromatic N) is 2. The van der Waals surface area contributed by atoms with Gasteiger partial charge < -0.3 is 15.2 Å². The first kappa shape index (κ1) is 17.5. The van der Waals surface area contributed by atoms with Gasteiger partial charge in [0.2, 0.25) is 0 Å². The number of amides is 1. The van der Waals surface area contributed by atoms with Gasteiger partial charge in [0, 0.05) is 18.3 Å². The van der Waals surface area contributed by atoms with E-state index in [9.17, 15) is 14.7 Å². The lowest BCUT2D eigenvalue weighted by Gasteiger charge is -2.19. The number of benzene rings is 1. The highest BCUT2D eigenvalue weighted by molar-refractivity contribution is 5.95. The van der Waals surface area contributed by atoms with Gasteiger partial charge in [-0.05, 0) is 32.4 Å². The number of aromatic nitrogens is 2. The number of carboxylic acid groups (broad SMARTS) is 1. The van der Waals surface area contributed by atoms with Crippen molar-refractivity contribution in [3.05, 3.63) is 42.2 Å². The largest absolute Gasteiger partial charge is 0.478 e. The Balaban J connectivity index is 1.97. The van der Waals surface area contributed by atoms with Crippen LogP contribution < -0.4 is 5.32 Å². The maximum Gasteiger partial charge on any atom is 0.407 e. The molecule has 2 rings (SSSR count). The third-order valence-electron chi connectivity index (χ3n) is 3.11. The van der Waals surface area contributed by atoms with Gasteiger partial charge in [-0.2, -0.15) is 5.10 Å². The zero-order valence-electron chi connectivity index (χ0n) is 13.9. The Morgan fingerprint density at radius 3 is 2.67 bits per heavy atom. The maximum atomic E-state index is 11.6. The molecule has 0 fully saturated rings. The van der Waals surface area contributed by atoms with Crippen molar-refractivity contribution in [3.63, 3.8) is 0 Å². The summed E-state index contributed by atoms with van der Waals surface area (Å²) in [6, 6.07) is 6.76. The number of hydrogen-bond acceptors (Lipinski definition) is 4. The molecule has 0 unspecified atom stereocenters. The molecule has 1 aromatic carbocycles. The number of alkyl carbamates (subject to hydrolysis) is 1. The predicted molar refractivity (Wildman–Crippen MR) is 88.9 cm³/mol. The fourth-order valence-corrected chi connectivity index (χ4v) is 2.13. The number of rotatable bonds is 5. The predicted octanol–water partition coefficient (Wildman–Crippen LogP) is 2.77. The molecule has 0 saturated carbocycles. The number of carboxylic acids is 1. The van der Waals surface area contributed by atoms with Crippen LogP contribution in [-0.2, 0) is 11.3 Å². The van der Waals surface area contributed by atoms with E-state index < -0.39 is 17.7 Å². The Morgan fingerprint density at radius 2 is 2.00 bits per heavy atom. The number of ether oxygens (including phenoxy) is 1. The van der Waals surface area contributed by atoms with Gasteiger partial charge in [-0.3, -0.25) is 4.68 Å². The summed E-state index contributed by atoms with van der Waals surface area (Å²) in [5.41, 5.74) is 1.01. The molecule has 128 valence electrons. The molecule has 0 aliphatic carbocycles. The Hall–Kier alpha value is -2.83. The van der Waals surface area contributed by atoms with Crippen LogP contribution in [0.4, 0.5) is 4.79 Å². The molecule has 0 aliphatic rings. The summed E-state index contributed by atoms with van der Waals surface area (Å²) in [5.74, 6) is -0.982. The van der Waals surface area contributed by atoms with Gasteiger partial charge >= 0.3 is 12.1 Å². The highest BCUT2D eigenvalue weighted by Gasteiger charge is 2.16. The Labute approximate surface area is 140 Å². The molecule has 24 heavy (non-hydrogen) atoms. The van der Waals surface area contributed by atoms with Crippen molar-refractivity contribution in [3.8, 4) is 11.1 Å². The van der Waals surface area contributed by atoms with Gasteiger partial charge in [-0.1, -0.05) is 18.2 Å². The average Bonchev–Trinajstić information content (AvgIpc) is 2.94. The standard InChI is InChI=1S/C17H21N3O4/c1-17(2,3)24-16(23)18-8-9-20-11-12(10-19-20)13-6-4-5-7-14(13)15(21)22/h4-7,10-11H,8-9H2,1-3H3,(H,18,23)(H,21,22). The van der Waals surface area contributed by atoms with Crippen LogP contribution in [0.2, 0.25) is 0 Å². The van der Waals surface area contributed by atoms with Crippen molar-refractivity contribution in [2.45, 2.75) is 32.9 Å². The molecule has 7 heteroatoms. The molecular weight excluding hydrogens is 310 g/mol. The summed E-state index contributed by atoms with van der Waals surface area (Å²) in [6.07, 6.45) is 2.87. The Morgan fingerprint density at radius 1 is 1.29 bits per heavy atom. The summed E-state index contributed by atoms with van der Waals surface area (Å²) >= 11 is 0. The first-order valence-electron chi connectivity index (χ1n) is 7.58. The van der Waals surface area contributed by atoms with Crippen LogP contribution in [0.1, 0.15) is 31.1 Å². The van der Waals surface area contributed by atoms with E-state index in [4.69, 9.17) is 4.74 Å². The molecule has 0 aliphatic heterocycles. The normalized spacial score (nSPS) is 11.1. The van der Waals surface area contributed by atoms with E-state index >= 15 is 0 Å². The number of nitrogens with one attached hydrogen (secondary N) is 1. The topological polar surface area (TPSA) is 93.5 Å². The summed E-state index contributed by atoms with van der Waals surface area (Å²) in [7, 11) is 0. The van der Waals surface area contributed by atoms with Crippen molar-refractivity contribution in [1.82, 2.24) is 15.1 Å². The highest BCUT2D eigenvalue weighted by atomic mass is 16.6. The minimum atomic E-state index is -0.982. The first-order valence-corrected chi connectivity index (χ1v) is 7.58. The van der Waals surface area contributed by atoms with Crippen LogP contribution in [0.15, 0.2) is 36.7 Å². The van der Waals surface area contributed by atoms with Crippen LogP contribution in [0, 0.1) is 0 Å². The second-order valence-electron chi connectivity index (χ2n) is 6.27. The van der Waals surface area contributed by atoms with Crippen LogP contribution in [0.5, 0.6) is 0 Å². The fourth-order valence-electron chi connectivity index (χ4n) is 2.13. The van der Waals surface area contributed by atoms with Crippen molar-refractivity contribution in [2.24, 2.45) is 0 Å². The van der Waals surface area contributed by atoms with Gasteiger partial charge in [-0.25, -0.2) is 9.59 Å². The van der Waals surface area contributed by atoms with Crippen LogP contribution >= 0.6 is 0 Å². The summed E-state index contributed by atoms with van der Waals surface area (Å²) in [6.45, 7) is 6.20. The summed E-state index contributed by atoms with van der Waals surface area (Å²) in [4.78, 5) is 22.8. The Bertz CT molecular complexity index is 731. The molecule has 0 radical (unpaired) electrons. The van der Waals surface area contributed by atoms with Gasteiger partial charge in [0.05, 0.1) is 18.3 Å². The third kappa shape index (κ3) is 4.84. The summed E-state index contributed by atoms with van der Waals surface area (Å²) in [5, 5.41) is 16.1. The minimum absolute atomic E-state index is 0.226. The molecule has 2 N–H and O–H groups in total. The van der Waals surface area contributed by atoms with E-state index in [2.05, 4.69) is 10.4 Å². The van der Waals surface area contributed by atoms with Crippen LogP contribution in [0.25, 0.3) is 11.1 Å². The zero-order chi connectivity index (χ0) is 17.7. The van der Waals surface area contributed by atoms with Crippen LogP contribution in [-0.4, -0.2) is 39.1 Å². The second kappa shape index (κ2) is 7.16. The lowest BCUT2D eigenvalue weighted by atomic mass is 10.0. The van der Waals surface area contributed by atoms with Crippen molar-refractivity contribution in [1.29, 1.82) is 0 Å². The molecular formula is C17H21N3O4. The lowest BCUT2D eigenvalue weighted by molar-refractivity contribution is 0.0525. The smallest absolute Gasteiger partial charge is 0.407 e. The Kier molecular flexibility index (Phi) is 5.23.